The van der Waals surface area contributed by atoms with Crippen molar-refractivity contribution in [3.8, 4) is 0 Å². The zero-order valence-corrected chi connectivity index (χ0v) is 8.51. The molecule has 1 aromatic carbocycles. The predicted octanol–water partition coefficient (Wildman–Crippen LogP) is 3.12. The number of carboxylic acid groups (broad SMARTS) is 1. The largest absolute Gasteiger partial charge is 0.481 e. The molecule has 0 heterocycles. The summed E-state index contributed by atoms with van der Waals surface area (Å²) in [7, 11) is 0. The third-order valence-electron chi connectivity index (χ3n) is 1.95. The second kappa shape index (κ2) is 5.47. The first-order valence-corrected chi connectivity index (χ1v) is 4.64. The molecule has 0 aliphatic carbocycles. The van der Waals surface area contributed by atoms with Crippen molar-refractivity contribution in [2.45, 2.75) is 12.8 Å². The quantitative estimate of drug-likeness (QED) is 0.505. The van der Waals surface area contributed by atoms with Crippen LogP contribution in [-0.2, 0) is 4.79 Å². The highest BCUT2D eigenvalue weighted by molar-refractivity contribution is 5.67. The highest BCUT2D eigenvalue weighted by atomic mass is 19.2. The van der Waals surface area contributed by atoms with Crippen molar-refractivity contribution in [1.82, 2.24) is 0 Å². The van der Waals surface area contributed by atoms with Gasteiger partial charge in [0.25, 0.3) is 0 Å². The zero-order valence-electron chi connectivity index (χ0n) is 8.51. The van der Waals surface area contributed by atoms with E-state index < -0.39 is 34.8 Å². The molecular formula is C11H8F4O2. The van der Waals surface area contributed by atoms with Crippen molar-refractivity contribution < 1.29 is 27.5 Å². The van der Waals surface area contributed by atoms with Crippen LogP contribution in [0.25, 0.3) is 6.08 Å². The molecule has 92 valence electrons. The maximum atomic E-state index is 13.1. The number of benzene rings is 1. The number of hydrogen-bond acceptors (Lipinski definition) is 1. The number of carboxylic acids is 1. The Hall–Kier alpha value is -1.85. The summed E-state index contributed by atoms with van der Waals surface area (Å²) in [4.78, 5) is 10.2. The Kier molecular flexibility index (Phi) is 4.25. The Balaban J connectivity index is 2.88. The molecule has 0 bridgehead atoms. The van der Waals surface area contributed by atoms with Gasteiger partial charge in [0.15, 0.2) is 23.3 Å². The summed E-state index contributed by atoms with van der Waals surface area (Å²) in [6, 6.07) is 0.505. The van der Waals surface area contributed by atoms with Crippen LogP contribution in [0.15, 0.2) is 12.1 Å². The van der Waals surface area contributed by atoms with Crippen LogP contribution >= 0.6 is 0 Å². The van der Waals surface area contributed by atoms with Crippen molar-refractivity contribution in [2.24, 2.45) is 0 Å². The maximum absolute atomic E-state index is 13.1. The van der Waals surface area contributed by atoms with Crippen molar-refractivity contribution in [2.75, 3.05) is 0 Å². The number of carbonyl (C=O) groups is 1. The second-order valence-corrected chi connectivity index (χ2v) is 3.22. The van der Waals surface area contributed by atoms with Crippen LogP contribution in [0, 0.1) is 23.3 Å². The van der Waals surface area contributed by atoms with Crippen molar-refractivity contribution in [3.05, 3.63) is 41.0 Å². The average molecular weight is 248 g/mol. The van der Waals surface area contributed by atoms with Gasteiger partial charge in [-0.25, -0.2) is 17.6 Å². The highest BCUT2D eigenvalue weighted by Crippen LogP contribution is 2.19. The summed E-state index contributed by atoms with van der Waals surface area (Å²) >= 11 is 0. The van der Waals surface area contributed by atoms with Gasteiger partial charge in [0.2, 0.25) is 0 Å². The number of aliphatic carboxylic acids is 1. The van der Waals surface area contributed by atoms with Crippen LogP contribution in [0.1, 0.15) is 18.4 Å². The lowest BCUT2D eigenvalue weighted by Crippen LogP contribution is -1.98. The van der Waals surface area contributed by atoms with Crippen LogP contribution in [0.5, 0.6) is 0 Å². The number of allylic oxidation sites excluding steroid dienone is 1. The number of rotatable bonds is 4. The molecule has 2 nitrogen and oxygen atoms in total. The van der Waals surface area contributed by atoms with Crippen LogP contribution in [0.4, 0.5) is 17.6 Å². The average Bonchev–Trinajstić information content (AvgIpc) is 2.27. The van der Waals surface area contributed by atoms with E-state index in [2.05, 4.69) is 0 Å². The monoisotopic (exact) mass is 248 g/mol. The van der Waals surface area contributed by atoms with Crippen LogP contribution in [-0.4, -0.2) is 11.1 Å². The van der Waals surface area contributed by atoms with Gasteiger partial charge in [-0.05, 0) is 12.5 Å². The Morgan fingerprint density at radius 3 is 2.41 bits per heavy atom. The summed E-state index contributed by atoms with van der Waals surface area (Å²) in [5, 5.41) is 8.31. The lowest BCUT2D eigenvalue weighted by atomic mass is 10.1. The first-order valence-electron chi connectivity index (χ1n) is 4.64. The Bertz CT molecular complexity index is 469. The second-order valence-electron chi connectivity index (χ2n) is 3.22. The fourth-order valence-corrected chi connectivity index (χ4v) is 1.13. The van der Waals surface area contributed by atoms with E-state index in [-0.39, 0.29) is 12.8 Å². The summed E-state index contributed by atoms with van der Waals surface area (Å²) in [6.45, 7) is 0. The van der Waals surface area contributed by atoms with Gasteiger partial charge in [-0.2, -0.15) is 0 Å². The van der Waals surface area contributed by atoms with Crippen molar-refractivity contribution >= 4 is 12.0 Å². The molecule has 1 rings (SSSR count). The van der Waals surface area contributed by atoms with E-state index in [0.717, 1.165) is 6.08 Å². The van der Waals surface area contributed by atoms with Gasteiger partial charge in [-0.15, -0.1) is 0 Å². The third kappa shape index (κ3) is 3.30. The topological polar surface area (TPSA) is 37.3 Å². The molecule has 0 aliphatic heterocycles. The molecule has 0 atom stereocenters. The van der Waals surface area contributed by atoms with Gasteiger partial charge in [-0.1, -0.05) is 12.2 Å². The van der Waals surface area contributed by atoms with Gasteiger partial charge in [0.05, 0.1) is 0 Å². The fourth-order valence-electron chi connectivity index (χ4n) is 1.13. The minimum Gasteiger partial charge on any atom is -0.481 e. The molecule has 0 aliphatic rings. The first kappa shape index (κ1) is 13.2. The zero-order chi connectivity index (χ0) is 13.0. The summed E-state index contributed by atoms with van der Waals surface area (Å²) in [6.07, 6.45) is 2.13. The van der Waals surface area contributed by atoms with E-state index in [1.54, 1.807) is 0 Å². The van der Waals surface area contributed by atoms with Crippen molar-refractivity contribution in [3.63, 3.8) is 0 Å². The molecule has 1 aromatic rings. The molecule has 0 amide bonds. The summed E-state index contributed by atoms with van der Waals surface area (Å²) in [5.74, 6) is -7.81. The molecule has 0 saturated carbocycles. The van der Waals surface area contributed by atoms with E-state index in [4.69, 9.17) is 5.11 Å². The minimum absolute atomic E-state index is 0.0788. The molecule has 0 radical (unpaired) electrons. The fraction of sp³-hybridized carbons (Fsp3) is 0.182. The van der Waals surface area contributed by atoms with Crippen molar-refractivity contribution in [1.29, 1.82) is 0 Å². The molecular weight excluding hydrogens is 240 g/mol. The summed E-state index contributed by atoms with van der Waals surface area (Å²) < 4.78 is 51.2. The van der Waals surface area contributed by atoms with E-state index in [1.165, 1.54) is 6.08 Å². The van der Waals surface area contributed by atoms with Crippen LogP contribution < -0.4 is 0 Å². The standard InChI is InChI=1S/C11H8F4O2/c12-7-5-6(3-1-2-4-8(16)17)9(13)11(15)10(7)14/h1,3,5H,2,4H2,(H,16,17). The molecule has 0 saturated heterocycles. The highest BCUT2D eigenvalue weighted by Gasteiger charge is 2.17. The lowest BCUT2D eigenvalue weighted by Gasteiger charge is -2.01. The van der Waals surface area contributed by atoms with E-state index in [1.807, 2.05) is 0 Å². The molecule has 0 fully saturated rings. The maximum Gasteiger partial charge on any atom is 0.303 e. The third-order valence-corrected chi connectivity index (χ3v) is 1.95. The molecule has 0 aromatic heterocycles. The molecule has 0 unspecified atom stereocenters. The first-order chi connectivity index (χ1) is 7.93. The van der Waals surface area contributed by atoms with Gasteiger partial charge in [0.1, 0.15) is 0 Å². The Morgan fingerprint density at radius 1 is 1.18 bits per heavy atom. The predicted molar refractivity (Wildman–Crippen MR) is 52.2 cm³/mol. The molecule has 6 heteroatoms. The Morgan fingerprint density at radius 2 is 1.82 bits per heavy atom. The van der Waals surface area contributed by atoms with Crippen LogP contribution in [0.2, 0.25) is 0 Å². The van der Waals surface area contributed by atoms with Crippen LogP contribution in [0.3, 0.4) is 0 Å². The Labute approximate surface area is 94.2 Å². The van der Waals surface area contributed by atoms with Gasteiger partial charge in [-0.3, -0.25) is 4.79 Å². The van der Waals surface area contributed by atoms with E-state index in [9.17, 15) is 22.4 Å². The smallest absolute Gasteiger partial charge is 0.303 e. The minimum atomic E-state index is -1.89. The van der Waals surface area contributed by atoms with Gasteiger partial charge in [0, 0.05) is 12.0 Å². The molecule has 17 heavy (non-hydrogen) atoms. The van der Waals surface area contributed by atoms with E-state index >= 15 is 0 Å². The van der Waals surface area contributed by atoms with E-state index in [0.29, 0.717) is 6.07 Å². The lowest BCUT2D eigenvalue weighted by molar-refractivity contribution is -0.136. The SMILES string of the molecule is O=C(O)CCC=Cc1cc(F)c(F)c(F)c1F. The number of hydrogen-bond donors (Lipinski definition) is 1. The molecule has 1 N–H and O–H groups in total. The van der Waals surface area contributed by atoms with Gasteiger partial charge >= 0.3 is 5.97 Å². The molecule has 0 spiro atoms. The van der Waals surface area contributed by atoms with Gasteiger partial charge < -0.3 is 5.11 Å². The number of halogens is 4. The summed E-state index contributed by atoms with van der Waals surface area (Å²) in [5.41, 5.74) is -0.466. The normalized spacial score (nSPS) is 11.1.